The van der Waals surface area contributed by atoms with Gasteiger partial charge in [0.25, 0.3) is 5.91 Å². The highest BCUT2D eigenvalue weighted by Gasteiger charge is 2.28. The van der Waals surface area contributed by atoms with Crippen LogP contribution in [0.1, 0.15) is 12.5 Å². The number of hydrogen-bond donors (Lipinski definition) is 1. The fourth-order valence-corrected chi connectivity index (χ4v) is 4.86. The summed E-state index contributed by atoms with van der Waals surface area (Å²) < 4.78 is 27.8. The number of carbonyl (C=O) groups is 1. The number of nitrogens with zero attached hydrogens (tertiary/aromatic N) is 3. The first-order chi connectivity index (χ1) is 14.8. The lowest BCUT2D eigenvalue weighted by Crippen LogP contribution is -2.50. The molecule has 2 aromatic carbocycles. The molecule has 3 rings (SSSR count). The fourth-order valence-electron chi connectivity index (χ4n) is 3.18. The van der Waals surface area contributed by atoms with Crippen molar-refractivity contribution < 1.29 is 13.2 Å². The van der Waals surface area contributed by atoms with Crippen molar-refractivity contribution in [2.75, 3.05) is 32.7 Å². The van der Waals surface area contributed by atoms with E-state index in [0.29, 0.717) is 26.2 Å². The zero-order valence-corrected chi connectivity index (χ0v) is 19.6. The van der Waals surface area contributed by atoms with E-state index in [-0.39, 0.29) is 17.3 Å². The molecular weight excluding hydrogens is 480 g/mol. The highest BCUT2D eigenvalue weighted by Crippen LogP contribution is 2.20. The first kappa shape index (κ1) is 23.3. The summed E-state index contributed by atoms with van der Waals surface area (Å²) in [4.78, 5) is 14.4. The van der Waals surface area contributed by atoms with Gasteiger partial charge in [-0.25, -0.2) is 13.8 Å². The second-order valence-corrected chi connectivity index (χ2v) is 10.1. The normalized spacial score (nSPS) is 16.5. The Morgan fingerprint density at radius 3 is 2.35 bits per heavy atom. The minimum Gasteiger partial charge on any atom is -0.292 e. The highest BCUT2D eigenvalue weighted by molar-refractivity contribution is 9.10. The van der Waals surface area contributed by atoms with Crippen LogP contribution in [-0.2, 0) is 14.8 Å². The largest absolute Gasteiger partial charge is 0.292 e. The van der Waals surface area contributed by atoms with Gasteiger partial charge in [-0.3, -0.25) is 9.69 Å². The number of hydrazone groups is 1. The lowest BCUT2D eigenvalue weighted by atomic mass is 10.1. The van der Waals surface area contributed by atoms with Crippen molar-refractivity contribution in [2.45, 2.75) is 11.8 Å². The van der Waals surface area contributed by atoms with Crippen molar-refractivity contribution in [2.24, 2.45) is 5.10 Å². The first-order valence-corrected chi connectivity index (χ1v) is 12.1. The standard InChI is InChI=1S/C22H25BrN4O3S/c1-18(15-19-5-3-2-4-6-19)16-24-25-22(28)17-26-11-13-27(14-12-26)31(29,30)21-9-7-20(23)8-10-21/h2-10,15-16H,11-14,17H2,1H3,(H,25,28). The Kier molecular flexibility index (Phi) is 8.14. The minimum atomic E-state index is -3.52. The van der Waals surface area contributed by atoms with Gasteiger partial charge >= 0.3 is 0 Å². The van der Waals surface area contributed by atoms with E-state index in [1.165, 1.54) is 4.31 Å². The molecule has 0 saturated carbocycles. The third-order valence-electron chi connectivity index (χ3n) is 4.80. The van der Waals surface area contributed by atoms with E-state index in [1.54, 1.807) is 30.5 Å². The lowest BCUT2D eigenvalue weighted by Gasteiger charge is -2.33. The molecule has 1 aliphatic heterocycles. The van der Waals surface area contributed by atoms with E-state index in [1.807, 2.05) is 48.2 Å². The molecule has 2 aromatic rings. The van der Waals surface area contributed by atoms with Crippen molar-refractivity contribution >= 4 is 44.2 Å². The Morgan fingerprint density at radius 2 is 1.71 bits per heavy atom. The summed E-state index contributed by atoms with van der Waals surface area (Å²) in [5.41, 5.74) is 4.51. The highest BCUT2D eigenvalue weighted by atomic mass is 79.9. The van der Waals surface area contributed by atoms with E-state index in [0.717, 1.165) is 15.6 Å². The molecule has 1 saturated heterocycles. The van der Waals surface area contributed by atoms with Crippen LogP contribution in [0, 0.1) is 0 Å². The van der Waals surface area contributed by atoms with Crippen LogP contribution in [0.2, 0.25) is 0 Å². The maximum atomic E-state index is 12.8. The molecule has 0 bridgehead atoms. The van der Waals surface area contributed by atoms with Crippen LogP contribution in [-0.4, -0.2) is 62.5 Å². The van der Waals surface area contributed by atoms with Gasteiger partial charge < -0.3 is 0 Å². The molecule has 0 aliphatic carbocycles. The molecule has 1 aliphatic rings. The van der Waals surface area contributed by atoms with Crippen molar-refractivity contribution in [1.29, 1.82) is 0 Å². The number of rotatable bonds is 7. The van der Waals surface area contributed by atoms with Crippen molar-refractivity contribution in [3.63, 3.8) is 0 Å². The molecule has 1 N–H and O–H groups in total. The Morgan fingerprint density at radius 1 is 1.06 bits per heavy atom. The second kappa shape index (κ2) is 10.8. The van der Waals surface area contributed by atoms with Crippen molar-refractivity contribution in [1.82, 2.24) is 14.6 Å². The maximum Gasteiger partial charge on any atom is 0.254 e. The number of benzene rings is 2. The number of sulfonamides is 1. The SMILES string of the molecule is CC(C=NNC(=O)CN1CCN(S(=O)(=O)c2ccc(Br)cc2)CC1)=Cc1ccccc1. The van der Waals surface area contributed by atoms with E-state index in [4.69, 9.17) is 0 Å². The van der Waals surface area contributed by atoms with Crippen LogP contribution in [0.4, 0.5) is 0 Å². The summed E-state index contributed by atoms with van der Waals surface area (Å²) in [7, 11) is -3.52. The summed E-state index contributed by atoms with van der Waals surface area (Å²) in [6.07, 6.45) is 3.58. The fraction of sp³-hybridized carbons (Fsp3) is 0.273. The lowest BCUT2D eigenvalue weighted by molar-refractivity contribution is -0.122. The molecule has 1 amide bonds. The summed E-state index contributed by atoms with van der Waals surface area (Å²) in [6, 6.07) is 16.5. The number of amides is 1. The quantitative estimate of drug-likeness (QED) is 0.464. The molecule has 31 heavy (non-hydrogen) atoms. The van der Waals surface area contributed by atoms with Crippen LogP contribution in [0.15, 0.2) is 74.6 Å². The Labute approximate surface area is 191 Å². The average Bonchev–Trinajstić information content (AvgIpc) is 2.75. The van der Waals surface area contributed by atoms with Crippen LogP contribution in [0.25, 0.3) is 6.08 Å². The van der Waals surface area contributed by atoms with Crippen LogP contribution in [0.3, 0.4) is 0 Å². The van der Waals surface area contributed by atoms with Gasteiger partial charge in [0.2, 0.25) is 10.0 Å². The van der Waals surface area contributed by atoms with Crippen LogP contribution < -0.4 is 5.43 Å². The Hall–Kier alpha value is -2.33. The van der Waals surface area contributed by atoms with Gasteiger partial charge in [-0.2, -0.15) is 9.41 Å². The van der Waals surface area contributed by atoms with Gasteiger partial charge in [-0.15, -0.1) is 0 Å². The van der Waals surface area contributed by atoms with E-state index in [2.05, 4.69) is 26.5 Å². The van der Waals surface area contributed by atoms with E-state index in [9.17, 15) is 13.2 Å². The number of piperazine rings is 1. The van der Waals surface area contributed by atoms with E-state index >= 15 is 0 Å². The molecule has 0 aromatic heterocycles. The number of carbonyl (C=O) groups excluding carboxylic acids is 1. The van der Waals surface area contributed by atoms with Gasteiger partial charge in [0.05, 0.1) is 17.7 Å². The topological polar surface area (TPSA) is 82.1 Å². The molecule has 1 fully saturated rings. The molecule has 7 nitrogen and oxygen atoms in total. The minimum absolute atomic E-state index is 0.172. The summed E-state index contributed by atoms with van der Waals surface area (Å²) in [6.45, 7) is 3.74. The molecular formula is C22H25BrN4O3S. The number of hydrogen-bond acceptors (Lipinski definition) is 5. The summed E-state index contributed by atoms with van der Waals surface area (Å²) in [5, 5.41) is 4.00. The smallest absolute Gasteiger partial charge is 0.254 e. The predicted octanol–water partition coefficient (Wildman–Crippen LogP) is 2.96. The first-order valence-electron chi connectivity index (χ1n) is 9.88. The molecule has 0 atom stereocenters. The Balaban J connectivity index is 1.45. The summed E-state index contributed by atoms with van der Waals surface area (Å²) in [5.74, 6) is -0.229. The molecule has 1 heterocycles. The average molecular weight is 505 g/mol. The molecule has 0 radical (unpaired) electrons. The summed E-state index contributed by atoms with van der Waals surface area (Å²) >= 11 is 3.31. The maximum absolute atomic E-state index is 12.8. The van der Waals surface area contributed by atoms with E-state index < -0.39 is 10.0 Å². The molecule has 164 valence electrons. The van der Waals surface area contributed by atoms with Crippen molar-refractivity contribution in [3.8, 4) is 0 Å². The van der Waals surface area contributed by atoms with Crippen LogP contribution >= 0.6 is 15.9 Å². The molecule has 9 heteroatoms. The number of nitrogens with one attached hydrogen (secondary N) is 1. The third-order valence-corrected chi connectivity index (χ3v) is 7.24. The van der Waals surface area contributed by atoms with Gasteiger partial charge in [-0.1, -0.05) is 52.3 Å². The molecule has 0 spiro atoms. The van der Waals surface area contributed by atoms with Gasteiger partial charge in [0, 0.05) is 30.7 Å². The number of halogens is 1. The predicted molar refractivity (Wildman–Crippen MR) is 126 cm³/mol. The van der Waals surface area contributed by atoms with Crippen LogP contribution in [0.5, 0.6) is 0 Å². The zero-order chi connectivity index (χ0) is 22.3. The van der Waals surface area contributed by atoms with Crippen molar-refractivity contribution in [3.05, 3.63) is 70.2 Å². The monoisotopic (exact) mass is 504 g/mol. The van der Waals surface area contributed by atoms with Gasteiger partial charge in [-0.05, 0) is 42.3 Å². The number of allylic oxidation sites excluding steroid dienone is 1. The van der Waals surface area contributed by atoms with Gasteiger partial charge in [0.1, 0.15) is 0 Å². The van der Waals surface area contributed by atoms with Gasteiger partial charge in [0.15, 0.2) is 0 Å². The third kappa shape index (κ3) is 6.83. The molecule has 0 unspecified atom stereocenters. The Bertz CT molecular complexity index is 1050. The zero-order valence-electron chi connectivity index (χ0n) is 17.2. The second-order valence-electron chi connectivity index (χ2n) is 7.23.